The Morgan fingerprint density at radius 3 is 1.39 bits per heavy atom. The van der Waals surface area contributed by atoms with Crippen LogP contribution in [0.5, 0.6) is 11.5 Å². The summed E-state index contributed by atoms with van der Waals surface area (Å²) < 4.78 is 11.7. The minimum atomic E-state index is 0.467. The number of pyridine rings is 4. The predicted molar refractivity (Wildman–Crippen MR) is 105 cm³/mol. The molecule has 0 atom stereocenters. The Labute approximate surface area is 162 Å². The lowest BCUT2D eigenvalue weighted by Crippen LogP contribution is -1.98. The summed E-state index contributed by atoms with van der Waals surface area (Å²) in [4.78, 5) is 16.8. The van der Waals surface area contributed by atoms with E-state index in [9.17, 15) is 0 Å². The minimum Gasteiger partial charge on any atom is -0.489 e. The molecule has 0 saturated heterocycles. The van der Waals surface area contributed by atoms with E-state index in [0.29, 0.717) is 13.2 Å². The fourth-order valence-corrected chi connectivity index (χ4v) is 2.57. The van der Waals surface area contributed by atoms with Crippen molar-refractivity contribution in [2.75, 3.05) is 0 Å². The molecule has 0 N–H and O–H groups in total. The first-order valence-corrected chi connectivity index (χ1v) is 8.83. The van der Waals surface area contributed by atoms with Crippen molar-refractivity contribution in [3.05, 3.63) is 96.8 Å². The zero-order valence-electron chi connectivity index (χ0n) is 15.1. The number of rotatable bonds is 7. The van der Waals surface area contributed by atoms with Crippen molar-refractivity contribution < 1.29 is 9.47 Å². The average Bonchev–Trinajstić information content (AvgIpc) is 2.78. The van der Waals surface area contributed by atoms with Crippen LogP contribution in [0.2, 0.25) is 0 Å². The zero-order chi connectivity index (χ0) is 19.0. The monoisotopic (exact) mass is 370 g/mol. The molecule has 0 bridgehead atoms. The van der Waals surface area contributed by atoms with Crippen LogP contribution in [0, 0.1) is 0 Å². The number of ether oxygens (including phenoxy) is 2. The molecule has 0 aliphatic heterocycles. The molecule has 28 heavy (non-hydrogen) atoms. The summed E-state index contributed by atoms with van der Waals surface area (Å²) in [5.41, 5.74) is 3.55. The third-order valence-electron chi connectivity index (χ3n) is 4.03. The van der Waals surface area contributed by atoms with Crippen LogP contribution in [0.3, 0.4) is 0 Å². The molecule has 0 saturated carbocycles. The molecule has 0 aliphatic rings. The van der Waals surface area contributed by atoms with E-state index in [1.165, 1.54) is 0 Å². The lowest BCUT2D eigenvalue weighted by atomic mass is 10.2. The third kappa shape index (κ3) is 4.67. The molecule has 0 radical (unpaired) electrons. The molecule has 4 heterocycles. The maximum Gasteiger partial charge on any atom is 0.123 e. The van der Waals surface area contributed by atoms with Gasteiger partial charge in [0, 0.05) is 49.3 Å². The summed E-state index contributed by atoms with van der Waals surface area (Å²) in [5.74, 6) is 1.46. The highest BCUT2D eigenvalue weighted by molar-refractivity contribution is 5.57. The summed E-state index contributed by atoms with van der Waals surface area (Å²) >= 11 is 0. The minimum absolute atomic E-state index is 0.467. The average molecular weight is 370 g/mol. The molecule has 0 unspecified atom stereocenters. The van der Waals surface area contributed by atoms with E-state index in [0.717, 1.165) is 34.0 Å². The van der Waals surface area contributed by atoms with Gasteiger partial charge in [0.15, 0.2) is 0 Å². The third-order valence-corrected chi connectivity index (χ3v) is 4.03. The summed E-state index contributed by atoms with van der Waals surface area (Å²) in [5, 5.41) is 0. The lowest BCUT2D eigenvalue weighted by Gasteiger charge is -2.09. The van der Waals surface area contributed by atoms with E-state index in [-0.39, 0.29) is 0 Å². The SMILES string of the molecule is c1cc(COc2ccnc(-c3cc(OCc4ccncc4)ccn3)c2)ccn1. The molecule has 4 aromatic heterocycles. The van der Waals surface area contributed by atoms with Gasteiger partial charge in [-0.25, -0.2) is 0 Å². The number of nitrogens with zero attached hydrogens (tertiary/aromatic N) is 4. The second-order valence-electron chi connectivity index (χ2n) is 6.04. The van der Waals surface area contributed by atoms with Crippen molar-refractivity contribution >= 4 is 0 Å². The molecule has 0 amide bonds. The van der Waals surface area contributed by atoms with Crippen LogP contribution in [0.4, 0.5) is 0 Å². The van der Waals surface area contributed by atoms with Gasteiger partial charge in [0.1, 0.15) is 24.7 Å². The predicted octanol–water partition coefficient (Wildman–Crippen LogP) is 4.09. The topological polar surface area (TPSA) is 70.0 Å². The van der Waals surface area contributed by atoms with E-state index >= 15 is 0 Å². The van der Waals surface area contributed by atoms with Gasteiger partial charge in [-0.05, 0) is 47.5 Å². The van der Waals surface area contributed by atoms with Gasteiger partial charge in [0.05, 0.1) is 11.4 Å². The molecule has 0 spiro atoms. The van der Waals surface area contributed by atoms with Gasteiger partial charge < -0.3 is 9.47 Å². The molecule has 4 rings (SSSR count). The molecule has 6 nitrogen and oxygen atoms in total. The fraction of sp³-hybridized carbons (Fsp3) is 0.0909. The van der Waals surface area contributed by atoms with Gasteiger partial charge in [0.25, 0.3) is 0 Å². The van der Waals surface area contributed by atoms with Crippen molar-refractivity contribution in [3.63, 3.8) is 0 Å². The highest BCUT2D eigenvalue weighted by atomic mass is 16.5. The zero-order valence-corrected chi connectivity index (χ0v) is 15.1. The molecule has 0 fully saturated rings. The van der Waals surface area contributed by atoms with Crippen molar-refractivity contribution in [2.24, 2.45) is 0 Å². The van der Waals surface area contributed by atoms with E-state index < -0.39 is 0 Å². The van der Waals surface area contributed by atoms with Crippen LogP contribution < -0.4 is 9.47 Å². The fourth-order valence-electron chi connectivity index (χ4n) is 2.57. The Balaban J connectivity index is 1.45. The molecule has 0 aliphatic carbocycles. The van der Waals surface area contributed by atoms with E-state index in [2.05, 4.69) is 19.9 Å². The van der Waals surface area contributed by atoms with Crippen molar-refractivity contribution in [2.45, 2.75) is 13.2 Å². The number of hydrogen-bond donors (Lipinski definition) is 0. The summed E-state index contributed by atoms with van der Waals surface area (Å²) in [6.07, 6.45) is 10.4. The standard InChI is InChI=1S/C22H18N4O2/c1-7-23-8-2-17(1)15-27-19-5-11-25-21(13-19)22-14-20(6-12-26-22)28-16-18-3-9-24-10-4-18/h1-14H,15-16H2. The van der Waals surface area contributed by atoms with Crippen LogP contribution >= 0.6 is 0 Å². The Kier molecular flexibility index (Phi) is 5.49. The highest BCUT2D eigenvalue weighted by Crippen LogP contribution is 2.24. The second-order valence-corrected chi connectivity index (χ2v) is 6.04. The maximum atomic E-state index is 5.86. The molecule has 138 valence electrons. The first-order chi connectivity index (χ1) is 13.9. The van der Waals surface area contributed by atoms with E-state index in [4.69, 9.17) is 9.47 Å². The lowest BCUT2D eigenvalue weighted by molar-refractivity contribution is 0.305. The van der Waals surface area contributed by atoms with Crippen LogP contribution in [0.15, 0.2) is 85.7 Å². The molecule has 6 heteroatoms. The highest BCUT2D eigenvalue weighted by Gasteiger charge is 2.06. The van der Waals surface area contributed by atoms with Gasteiger partial charge >= 0.3 is 0 Å². The molecular weight excluding hydrogens is 352 g/mol. The summed E-state index contributed by atoms with van der Waals surface area (Å²) in [6, 6.07) is 15.1. The van der Waals surface area contributed by atoms with Gasteiger partial charge in [-0.2, -0.15) is 0 Å². The Bertz CT molecular complexity index is 942. The van der Waals surface area contributed by atoms with E-state index in [1.807, 2.05) is 48.5 Å². The van der Waals surface area contributed by atoms with Crippen LogP contribution in [-0.2, 0) is 13.2 Å². The smallest absolute Gasteiger partial charge is 0.123 e. The van der Waals surface area contributed by atoms with Crippen LogP contribution in [0.1, 0.15) is 11.1 Å². The molecule has 0 aromatic carbocycles. The van der Waals surface area contributed by atoms with Crippen molar-refractivity contribution in [1.29, 1.82) is 0 Å². The summed E-state index contributed by atoms with van der Waals surface area (Å²) in [6.45, 7) is 0.934. The Hall–Kier alpha value is -3.80. The summed E-state index contributed by atoms with van der Waals surface area (Å²) in [7, 11) is 0. The van der Waals surface area contributed by atoms with Crippen molar-refractivity contribution in [3.8, 4) is 22.9 Å². The number of hydrogen-bond acceptors (Lipinski definition) is 6. The molecule has 4 aromatic rings. The van der Waals surface area contributed by atoms with Gasteiger partial charge in [-0.3, -0.25) is 19.9 Å². The van der Waals surface area contributed by atoms with Gasteiger partial charge in [-0.15, -0.1) is 0 Å². The van der Waals surface area contributed by atoms with Crippen LogP contribution in [0.25, 0.3) is 11.4 Å². The molecular formula is C22H18N4O2. The number of aromatic nitrogens is 4. The first-order valence-electron chi connectivity index (χ1n) is 8.83. The second kappa shape index (κ2) is 8.73. The maximum absolute atomic E-state index is 5.86. The first kappa shape index (κ1) is 17.6. The quantitative estimate of drug-likeness (QED) is 0.488. The van der Waals surface area contributed by atoms with Gasteiger partial charge in [-0.1, -0.05) is 0 Å². The normalized spacial score (nSPS) is 10.4. The Morgan fingerprint density at radius 2 is 0.964 bits per heavy atom. The van der Waals surface area contributed by atoms with Crippen molar-refractivity contribution in [1.82, 2.24) is 19.9 Å². The Morgan fingerprint density at radius 1 is 0.536 bits per heavy atom. The van der Waals surface area contributed by atoms with Crippen LogP contribution in [-0.4, -0.2) is 19.9 Å². The van der Waals surface area contributed by atoms with Gasteiger partial charge in [0.2, 0.25) is 0 Å². The van der Waals surface area contributed by atoms with E-state index in [1.54, 1.807) is 37.2 Å². The largest absolute Gasteiger partial charge is 0.489 e.